The molecule has 1 amide bonds. The molecule has 2 heterocycles. The number of nitrogens with zero attached hydrogens (tertiary/aromatic N) is 2. The van der Waals surface area contributed by atoms with Crippen LogP contribution < -0.4 is 10.6 Å². The van der Waals surface area contributed by atoms with Gasteiger partial charge in [-0.25, -0.2) is 0 Å². The summed E-state index contributed by atoms with van der Waals surface area (Å²) in [4.78, 5) is 19.5. The number of anilines is 1. The van der Waals surface area contributed by atoms with Crippen molar-refractivity contribution in [1.29, 1.82) is 0 Å². The summed E-state index contributed by atoms with van der Waals surface area (Å²) in [7, 11) is 0. The highest BCUT2D eigenvalue weighted by molar-refractivity contribution is 5.88. The van der Waals surface area contributed by atoms with E-state index in [1.165, 1.54) is 12.1 Å². The van der Waals surface area contributed by atoms with Crippen LogP contribution in [0, 0.1) is 0 Å². The largest absolute Gasteiger partial charge is 0.416 e. The van der Waals surface area contributed by atoms with Crippen LogP contribution in [-0.4, -0.2) is 23.5 Å². The molecule has 7 heteroatoms. The van der Waals surface area contributed by atoms with Crippen molar-refractivity contribution in [2.75, 3.05) is 11.4 Å². The van der Waals surface area contributed by atoms with Crippen LogP contribution >= 0.6 is 0 Å². The third-order valence-corrected chi connectivity index (χ3v) is 6.68. The van der Waals surface area contributed by atoms with Gasteiger partial charge in [-0.2, -0.15) is 13.2 Å². The van der Waals surface area contributed by atoms with Crippen LogP contribution in [0.25, 0.3) is 0 Å². The fraction of sp³-hybridized carbons (Fsp3) is 0.308. The van der Waals surface area contributed by atoms with Crippen LogP contribution in [0.4, 0.5) is 18.9 Å². The number of amides is 1. The van der Waals surface area contributed by atoms with Crippen molar-refractivity contribution in [1.82, 2.24) is 4.98 Å². The molecule has 0 fully saturated rings. The van der Waals surface area contributed by atoms with Crippen molar-refractivity contribution in [3.05, 3.63) is 95.3 Å². The Balaban J connectivity index is 1.68. The molecular formula is C26H26F3N3O. The summed E-state index contributed by atoms with van der Waals surface area (Å²) in [6.07, 6.45) is -0.691. The summed E-state index contributed by atoms with van der Waals surface area (Å²) < 4.78 is 38.8. The normalized spacial score (nSPS) is 17.8. The molecule has 4 rings (SSSR count). The Labute approximate surface area is 191 Å². The number of aryl methyl sites for hydroxylation is 1. The molecule has 0 bridgehead atoms. The average molecular weight is 454 g/mol. The number of hydrogen-bond donors (Lipinski definition) is 1. The van der Waals surface area contributed by atoms with Crippen LogP contribution in [-0.2, 0) is 29.2 Å². The minimum atomic E-state index is -4.36. The molecule has 0 aliphatic carbocycles. The van der Waals surface area contributed by atoms with Crippen molar-refractivity contribution in [2.45, 2.75) is 43.8 Å². The Morgan fingerprint density at radius 3 is 2.36 bits per heavy atom. The number of carbonyl (C=O) groups is 1. The standard InChI is InChI=1S/C26H26F3N3O/c1-25(24(30)33,19-6-3-2-4-7-19)23-14-13-21-22(8-5-16-31-21)32(23)17-15-18-9-11-20(12-10-18)26(27,28)29/h2-12,16,23H,13-15,17H2,1H3,(H2,30,33). The fourth-order valence-corrected chi connectivity index (χ4v) is 4.75. The summed E-state index contributed by atoms with van der Waals surface area (Å²) in [5.41, 5.74) is 7.89. The van der Waals surface area contributed by atoms with Crippen LogP contribution in [0.1, 0.15) is 35.7 Å². The molecule has 2 aromatic carbocycles. The number of rotatable bonds is 6. The van der Waals surface area contributed by atoms with Crippen molar-refractivity contribution in [3.63, 3.8) is 0 Å². The number of fused-ring (bicyclic) bond motifs is 1. The van der Waals surface area contributed by atoms with E-state index in [0.29, 0.717) is 25.8 Å². The predicted molar refractivity (Wildman–Crippen MR) is 122 cm³/mol. The Kier molecular flexibility index (Phi) is 6.15. The van der Waals surface area contributed by atoms with E-state index in [0.717, 1.165) is 34.6 Å². The summed E-state index contributed by atoms with van der Waals surface area (Å²) in [6, 6.07) is 18.4. The maximum atomic E-state index is 12.9. The molecule has 0 saturated heterocycles. The lowest BCUT2D eigenvalue weighted by Crippen LogP contribution is -2.58. The summed E-state index contributed by atoms with van der Waals surface area (Å²) in [5, 5.41) is 0. The minimum absolute atomic E-state index is 0.219. The Morgan fingerprint density at radius 2 is 1.73 bits per heavy atom. The number of aromatic nitrogens is 1. The number of nitrogens with two attached hydrogens (primary N) is 1. The first-order valence-corrected chi connectivity index (χ1v) is 10.9. The monoisotopic (exact) mass is 453 g/mol. The maximum Gasteiger partial charge on any atom is 0.416 e. The average Bonchev–Trinajstić information content (AvgIpc) is 2.82. The highest BCUT2D eigenvalue weighted by Gasteiger charge is 2.46. The maximum absolute atomic E-state index is 12.9. The molecule has 0 radical (unpaired) electrons. The molecule has 0 saturated carbocycles. The van der Waals surface area contributed by atoms with Crippen LogP contribution in [0.3, 0.4) is 0 Å². The lowest BCUT2D eigenvalue weighted by molar-refractivity contribution is -0.137. The molecule has 4 nitrogen and oxygen atoms in total. The Hall–Kier alpha value is -3.35. The Bertz CT molecular complexity index is 1120. The number of hydrogen-bond acceptors (Lipinski definition) is 3. The van der Waals surface area contributed by atoms with E-state index < -0.39 is 23.1 Å². The van der Waals surface area contributed by atoms with E-state index >= 15 is 0 Å². The van der Waals surface area contributed by atoms with Crippen molar-refractivity contribution >= 4 is 11.6 Å². The molecule has 1 aliphatic rings. The first kappa shape index (κ1) is 22.8. The first-order valence-electron chi connectivity index (χ1n) is 10.9. The molecule has 2 unspecified atom stereocenters. The molecule has 2 N–H and O–H groups in total. The topological polar surface area (TPSA) is 59.2 Å². The summed E-state index contributed by atoms with van der Waals surface area (Å²) in [6.45, 7) is 2.40. The number of pyridine rings is 1. The zero-order chi connectivity index (χ0) is 23.6. The van der Waals surface area contributed by atoms with Crippen molar-refractivity contribution in [2.24, 2.45) is 5.73 Å². The fourth-order valence-electron chi connectivity index (χ4n) is 4.75. The van der Waals surface area contributed by atoms with Crippen molar-refractivity contribution < 1.29 is 18.0 Å². The van der Waals surface area contributed by atoms with Gasteiger partial charge in [0.25, 0.3) is 0 Å². The molecule has 1 aliphatic heterocycles. The number of carbonyl (C=O) groups excluding carboxylic acids is 1. The zero-order valence-electron chi connectivity index (χ0n) is 18.3. The number of halogens is 3. The zero-order valence-corrected chi connectivity index (χ0v) is 18.3. The third kappa shape index (κ3) is 4.45. The van der Waals surface area contributed by atoms with Crippen LogP contribution in [0.15, 0.2) is 72.9 Å². The minimum Gasteiger partial charge on any atom is -0.369 e. The van der Waals surface area contributed by atoms with Crippen LogP contribution in [0.2, 0.25) is 0 Å². The Morgan fingerprint density at radius 1 is 1.03 bits per heavy atom. The van der Waals surface area contributed by atoms with Gasteiger partial charge >= 0.3 is 6.18 Å². The highest BCUT2D eigenvalue weighted by atomic mass is 19.4. The van der Waals surface area contributed by atoms with E-state index in [-0.39, 0.29) is 6.04 Å². The van der Waals surface area contributed by atoms with Gasteiger partial charge in [0.1, 0.15) is 0 Å². The van der Waals surface area contributed by atoms with E-state index in [1.54, 1.807) is 6.20 Å². The smallest absolute Gasteiger partial charge is 0.369 e. The SMILES string of the molecule is CC(C(N)=O)(c1ccccc1)C1CCc2ncccc2N1CCc1ccc(C(F)(F)F)cc1. The molecule has 0 spiro atoms. The van der Waals surface area contributed by atoms with E-state index in [9.17, 15) is 18.0 Å². The molecule has 33 heavy (non-hydrogen) atoms. The summed E-state index contributed by atoms with van der Waals surface area (Å²) in [5.74, 6) is -0.412. The lowest BCUT2D eigenvalue weighted by Gasteiger charge is -2.47. The van der Waals surface area contributed by atoms with Crippen LogP contribution in [0.5, 0.6) is 0 Å². The van der Waals surface area contributed by atoms with Gasteiger partial charge in [0.05, 0.1) is 22.4 Å². The number of primary amides is 1. The molecule has 2 atom stereocenters. The van der Waals surface area contributed by atoms with Gasteiger partial charge in [-0.15, -0.1) is 0 Å². The second-order valence-electron chi connectivity index (χ2n) is 8.59. The van der Waals surface area contributed by atoms with Gasteiger partial charge in [-0.3, -0.25) is 9.78 Å². The van der Waals surface area contributed by atoms with Gasteiger partial charge in [0.2, 0.25) is 5.91 Å². The number of benzene rings is 2. The second kappa shape index (κ2) is 8.89. The summed E-state index contributed by atoms with van der Waals surface area (Å²) >= 11 is 0. The molecule has 3 aromatic rings. The lowest BCUT2D eigenvalue weighted by atomic mass is 9.71. The van der Waals surface area contributed by atoms with Gasteiger partial charge in [0.15, 0.2) is 0 Å². The van der Waals surface area contributed by atoms with Gasteiger partial charge in [0, 0.05) is 18.8 Å². The van der Waals surface area contributed by atoms with E-state index in [4.69, 9.17) is 5.73 Å². The molecular weight excluding hydrogens is 427 g/mol. The second-order valence-corrected chi connectivity index (χ2v) is 8.59. The van der Waals surface area contributed by atoms with Gasteiger partial charge in [-0.1, -0.05) is 42.5 Å². The predicted octanol–water partition coefficient (Wildman–Crippen LogP) is 4.91. The van der Waals surface area contributed by atoms with E-state index in [1.807, 2.05) is 49.4 Å². The van der Waals surface area contributed by atoms with Gasteiger partial charge in [-0.05, 0) is 61.6 Å². The van der Waals surface area contributed by atoms with Crippen molar-refractivity contribution in [3.8, 4) is 0 Å². The van der Waals surface area contributed by atoms with Gasteiger partial charge < -0.3 is 10.6 Å². The third-order valence-electron chi connectivity index (χ3n) is 6.68. The molecule has 172 valence electrons. The quantitative estimate of drug-likeness (QED) is 0.577. The number of alkyl halides is 3. The first-order chi connectivity index (χ1) is 15.7. The highest BCUT2D eigenvalue weighted by Crippen LogP contribution is 2.40. The van der Waals surface area contributed by atoms with E-state index in [2.05, 4.69) is 9.88 Å². The molecule has 1 aromatic heterocycles.